The molecule has 5 nitrogen and oxygen atoms in total. The minimum absolute atomic E-state index is 0.175. The number of aromatic nitrogens is 2. The third kappa shape index (κ3) is 3.31. The van der Waals surface area contributed by atoms with Crippen molar-refractivity contribution in [3.8, 4) is 0 Å². The van der Waals surface area contributed by atoms with Crippen molar-refractivity contribution in [3.05, 3.63) is 17.3 Å². The molecule has 6 heteroatoms. The number of hydrogen-bond donors (Lipinski definition) is 1. The zero-order valence-electron chi connectivity index (χ0n) is 12.5. The average molecular weight is 296 g/mol. The van der Waals surface area contributed by atoms with Crippen LogP contribution in [0.2, 0.25) is 0 Å². The molecule has 1 unspecified atom stereocenters. The van der Waals surface area contributed by atoms with Gasteiger partial charge in [0.25, 0.3) is 0 Å². The van der Waals surface area contributed by atoms with Gasteiger partial charge in [-0.2, -0.15) is 0 Å². The van der Waals surface area contributed by atoms with E-state index in [1.807, 2.05) is 6.92 Å². The summed E-state index contributed by atoms with van der Waals surface area (Å²) in [5, 5.41) is 2.06. The highest BCUT2D eigenvalue weighted by atomic mass is 32.1. The Hall–Kier alpha value is -1.11. The van der Waals surface area contributed by atoms with E-state index in [4.69, 9.17) is 15.5 Å². The Morgan fingerprint density at radius 2 is 2.30 bits per heavy atom. The van der Waals surface area contributed by atoms with Gasteiger partial charge in [0.15, 0.2) is 10.8 Å². The van der Waals surface area contributed by atoms with Crippen LogP contribution in [0, 0.1) is 0 Å². The van der Waals surface area contributed by atoms with Crippen molar-refractivity contribution in [2.75, 3.05) is 31.7 Å². The van der Waals surface area contributed by atoms with Crippen LogP contribution in [0.5, 0.6) is 0 Å². The van der Waals surface area contributed by atoms with Gasteiger partial charge >= 0.3 is 0 Å². The quantitative estimate of drug-likeness (QED) is 0.758. The number of imidazole rings is 1. The van der Waals surface area contributed by atoms with E-state index >= 15 is 0 Å². The molecule has 0 bridgehead atoms. The van der Waals surface area contributed by atoms with Gasteiger partial charge in [0.05, 0.1) is 12.3 Å². The lowest BCUT2D eigenvalue weighted by Crippen LogP contribution is -2.27. The maximum atomic E-state index is 6.13. The summed E-state index contributed by atoms with van der Waals surface area (Å²) in [5.41, 5.74) is 7.34. The largest absolute Gasteiger partial charge is 0.380 e. The van der Waals surface area contributed by atoms with Crippen LogP contribution in [-0.2, 0) is 11.2 Å². The number of nitrogens with two attached hydrogens (primary N) is 1. The second-order valence-corrected chi connectivity index (χ2v) is 5.80. The van der Waals surface area contributed by atoms with Crippen molar-refractivity contribution in [2.45, 2.75) is 32.7 Å². The van der Waals surface area contributed by atoms with Gasteiger partial charge in [-0.1, -0.05) is 6.92 Å². The Bertz CT molecular complexity index is 536. The van der Waals surface area contributed by atoms with Crippen LogP contribution >= 0.6 is 11.3 Å². The summed E-state index contributed by atoms with van der Waals surface area (Å²) in [6.45, 7) is 6.44. The number of anilines is 1. The number of hydrogen-bond acceptors (Lipinski definition) is 5. The molecule has 0 spiro atoms. The maximum absolute atomic E-state index is 6.13. The molecule has 0 aliphatic rings. The standard InChI is InChI=1S/C14H24N4OS/c1-4-11(15)10-12-13(17(3)6-8-19-5-2)16-14-18(12)7-9-20-14/h7,9,11H,4-6,8,10,15H2,1-3H3. The Labute approximate surface area is 124 Å². The molecule has 0 saturated heterocycles. The predicted octanol–water partition coefficient (Wildman–Crippen LogP) is 2.15. The number of nitrogens with zero attached hydrogens (tertiary/aromatic N) is 3. The molecule has 20 heavy (non-hydrogen) atoms. The van der Waals surface area contributed by atoms with Gasteiger partial charge in [-0.15, -0.1) is 11.3 Å². The first-order valence-corrected chi connectivity index (χ1v) is 8.04. The van der Waals surface area contributed by atoms with Crippen LogP contribution in [0.3, 0.4) is 0 Å². The Morgan fingerprint density at radius 3 is 3.00 bits per heavy atom. The highest BCUT2D eigenvalue weighted by Gasteiger charge is 2.18. The van der Waals surface area contributed by atoms with Crippen molar-refractivity contribution in [1.29, 1.82) is 0 Å². The molecule has 0 fully saturated rings. The third-order valence-corrected chi connectivity index (χ3v) is 4.21. The third-order valence-electron chi connectivity index (χ3n) is 3.46. The Morgan fingerprint density at radius 1 is 1.50 bits per heavy atom. The smallest absolute Gasteiger partial charge is 0.195 e. The lowest BCUT2D eigenvalue weighted by atomic mass is 10.1. The van der Waals surface area contributed by atoms with E-state index in [-0.39, 0.29) is 6.04 Å². The molecule has 2 rings (SSSR count). The summed E-state index contributed by atoms with van der Waals surface area (Å²) in [6.07, 6.45) is 3.90. The zero-order valence-corrected chi connectivity index (χ0v) is 13.3. The fourth-order valence-corrected chi connectivity index (χ4v) is 2.89. The van der Waals surface area contributed by atoms with Crippen molar-refractivity contribution in [2.24, 2.45) is 5.73 Å². The van der Waals surface area contributed by atoms with Crippen LogP contribution in [0.25, 0.3) is 4.96 Å². The molecule has 0 amide bonds. The minimum Gasteiger partial charge on any atom is -0.380 e. The lowest BCUT2D eigenvalue weighted by molar-refractivity contribution is 0.154. The van der Waals surface area contributed by atoms with Crippen LogP contribution in [0.4, 0.5) is 5.82 Å². The first-order chi connectivity index (χ1) is 9.67. The molecular formula is C14H24N4OS. The molecule has 112 valence electrons. The summed E-state index contributed by atoms with van der Waals surface area (Å²) in [6, 6.07) is 0.175. The van der Waals surface area contributed by atoms with Crippen LogP contribution < -0.4 is 10.6 Å². The molecule has 0 aliphatic carbocycles. The molecule has 2 N–H and O–H groups in total. The molecule has 1 atom stereocenters. The van der Waals surface area contributed by atoms with Crippen molar-refractivity contribution in [1.82, 2.24) is 9.38 Å². The highest BCUT2D eigenvalue weighted by molar-refractivity contribution is 7.15. The van der Waals surface area contributed by atoms with Gasteiger partial charge in [0, 0.05) is 44.2 Å². The summed E-state index contributed by atoms with van der Waals surface area (Å²) in [4.78, 5) is 7.92. The van der Waals surface area contributed by atoms with E-state index in [1.54, 1.807) is 11.3 Å². The number of likely N-dealkylation sites (N-methyl/N-ethyl adjacent to an activating group) is 1. The highest BCUT2D eigenvalue weighted by Crippen LogP contribution is 2.25. The van der Waals surface area contributed by atoms with E-state index in [9.17, 15) is 0 Å². The summed E-state index contributed by atoms with van der Waals surface area (Å²) >= 11 is 1.66. The molecule has 2 heterocycles. The van der Waals surface area contributed by atoms with E-state index in [0.29, 0.717) is 0 Å². The number of fused-ring (bicyclic) bond motifs is 1. The second kappa shape index (κ2) is 7.06. The fraction of sp³-hybridized carbons (Fsp3) is 0.643. The van der Waals surface area contributed by atoms with E-state index < -0.39 is 0 Å². The van der Waals surface area contributed by atoms with E-state index in [1.165, 1.54) is 5.69 Å². The SMILES string of the molecule is CCOCCN(C)c1nc2sccn2c1CC(N)CC. The van der Waals surface area contributed by atoms with Gasteiger partial charge in [-0.05, 0) is 13.3 Å². The molecular weight excluding hydrogens is 272 g/mol. The van der Waals surface area contributed by atoms with Gasteiger partial charge in [-0.25, -0.2) is 4.98 Å². The molecule has 0 aliphatic heterocycles. The number of thiazole rings is 1. The predicted molar refractivity (Wildman–Crippen MR) is 84.8 cm³/mol. The Kier molecular flexibility index (Phi) is 5.39. The number of ether oxygens (including phenoxy) is 1. The van der Waals surface area contributed by atoms with Gasteiger partial charge in [-0.3, -0.25) is 4.40 Å². The summed E-state index contributed by atoms with van der Waals surface area (Å²) in [7, 11) is 2.06. The lowest BCUT2D eigenvalue weighted by Gasteiger charge is -2.19. The fourth-order valence-electron chi connectivity index (χ4n) is 2.16. The zero-order chi connectivity index (χ0) is 14.5. The van der Waals surface area contributed by atoms with Crippen LogP contribution in [-0.4, -0.2) is 42.2 Å². The topological polar surface area (TPSA) is 55.8 Å². The average Bonchev–Trinajstić information content (AvgIpc) is 3.01. The Balaban J connectivity index is 2.21. The maximum Gasteiger partial charge on any atom is 0.195 e. The molecule has 2 aromatic rings. The first kappa shape index (κ1) is 15.3. The molecule has 0 radical (unpaired) electrons. The van der Waals surface area contributed by atoms with Crippen LogP contribution in [0.15, 0.2) is 11.6 Å². The molecule has 0 saturated carbocycles. The second-order valence-electron chi connectivity index (χ2n) is 4.93. The minimum atomic E-state index is 0.175. The van der Waals surface area contributed by atoms with Gasteiger partial charge < -0.3 is 15.4 Å². The van der Waals surface area contributed by atoms with Gasteiger partial charge in [0.2, 0.25) is 0 Å². The van der Waals surface area contributed by atoms with Crippen molar-refractivity contribution >= 4 is 22.1 Å². The monoisotopic (exact) mass is 296 g/mol. The van der Waals surface area contributed by atoms with E-state index in [0.717, 1.165) is 43.4 Å². The first-order valence-electron chi connectivity index (χ1n) is 7.16. The normalized spacial score (nSPS) is 13.0. The number of rotatable bonds is 8. The van der Waals surface area contributed by atoms with Crippen LogP contribution in [0.1, 0.15) is 26.0 Å². The van der Waals surface area contributed by atoms with Crippen molar-refractivity contribution in [3.63, 3.8) is 0 Å². The summed E-state index contributed by atoms with van der Waals surface area (Å²) < 4.78 is 7.58. The summed E-state index contributed by atoms with van der Waals surface area (Å²) in [5.74, 6) is 1.03. The van der Waals surface area contributed by atoms with Gasteiger partial charge in [0.1, 0.15) is 0 Å². The van der Waals surface area contributed by atoms with Crippen molar-refractivity contribution < 1.29 is 4.74 Å². The van der Waals surface area contributed by atoms with E-state index in [2.05, 4.69) is 34.8 Å². The molecule has 2 aromatic heterocycles. The molecule has 0 aromatic carbocycles.